The van der Waals surface area contributed by atoms with Gasteiger partial charge in [-0.05, 0) is 103 Å². The Bertz CT molecular complexity index is 4630. The minimum Gasteiger partial charge on any atom is -0.428 e. The van der Waals surface area contributed by atoms with E-state index in [1.807, 2.05) is 200 Å². The quantitative estimate of drug-likeness (QED) is 0.0810. The number of hydrogen-bond donors (Lipinski definition) is 6. The zero-order valence-electron chi connectivity index (χ0n) is 42.9. The van der Waals surface area contributed by atoms with E-state index in [1.54, 1.807) is 18.2 Å². The highest BCUT2D eigenvalue weighted by atomic mass is 35.5. The predicted octanol–water partition coefficient (Wildman–Crippen LogP) is 13.6. The van der Waals surface area contributed by atoms with Gasteiger partial charge in [0.15, 0.2) is 16.7 Å². The summed E-state index contributed by atoms with van der Waals surface area (Å²) in [6.07, 6.45) is 0. The molecule has 0 saturated heterocycles. The molecule has 6 aromatic heterocycles. The Labute approximate surface area is 467 Å². The van der Waals surface area contributed by atoms with E-state index in [0.29, 0.717) is 33.9 Å². The molecule has 0 fully saturated rings. The normalized spacial score (nSPS) is 10.9. The van der Waals surface area contributed by atoms with E-state index >= 15 is 0 Å². The van der Waals surface area contributed by atoms with Crippen LogP contribution in [0.3, 0.4) is 0 Å². The molecule has 398 valence electrons. The van der Waals surface area contributed by atoms with Crippen LogP contribution in [0.25, 0.3) is 99.4 Å². The summed E-state index contributed by atoms with van der Waals surface area (Å²) in [5.74, 6) is 0. The lowest BCUT2D eigenvalue weighted by Crippen LogP contribution is -2.09. The number of aromatic nitrogens is 9. The van der Waals surface area contributed by atoms with Crippen molar-refractivity contribution < 1.29 is 13.3 Å². The molecule has 0 aliphatic rings. The van der Waals surface area contributed by atoms with Gasteiger partial charge in [-0.1, -0.05) is 127 Å². The number of nitrogens with one attached hydrogen (secondary N) is 5. The molecule has 0 atom stereocenters. The third-order valence-electron chi connectivity index (χ3n) is 12.9. The Kier molecular flexibility index (Phi) is 14.3. The summed E-state index contributed by atoms with van der Waals surface area (Å²) in [5.41, 5.74) is 17.1. The molecule has 0 aliphatic carbocycles. The highest BCUT2D eigenvalue weighted by Crippen LogP contribution is 2.30. The molecule has 0 saturated carbocycles. The first-order valence-electron chi connectivity index (χ1n) is 25.4. The number of hydrogen-bond acceptors (Lipinski definition) is 15. The molecule has 9 aromatic carbocycles. The SMILES string of the molecule is Clc1nc2ccccc2o1.Nc1ccc(-c2n[nH]c(=O)c3ccccc23)cc1.O=c1[nH]nc(-c2ccc(Nc3nc4ccccc4o3)cc2)c2ccccc12.O=c1[nH]nc(-c2ccc(Nc3nc4ccccc4o3)cc2)c2ccccc12. The second-order valence-corrected chi connectivity index (χ2v) is 18.6. The first kappa shape index (κ1) is 51.3. The number of halogens is 1. The van der Waals surface area contributed by atoms with Crippen molar-refractivity contribution in [3.8, 4) is 33.8 Å². The number of fused-ring (bicyclic) bond motifs is 6. The predicted molar refractivity (Wildman–Crippen MR) is 321 cm³/mol. The van der Waals surface area contributed by atoms with Crippen LogP contribution in [0.1, 0.15) is 0 Å². The smallest absolute Gasteiger partial charge is 0.300 e. The number of anilines is 5. The molecule has 0 aliphatic heterocycles. The van der Waals surface area contributed by atoms with Gasteiger partial charge in [0.1, 0.15) is 16.6 Å². The monoisotopic (exact) mass is 1100 g/mol. The molecule has 0 radical (unpaired) electrons. The van der Waals surface area contributed by atoms with Crippen LogP contribution in [0, 0.1) is 0 Å². The Hall–Kier alpha value is -11.5. The van der Waals surface area contributed by atoms with Crippen molar-refractivity contribution in [3.63, 3.8) is 0 Å². The highest BCUT2D eigenvalue weighted by Gasteiger charge is 2.13. The van der Waals surface area contributed by atoms with Crippen molar-refractivity contribution in [1.82, 2.24) is 45.5 Å². The van der Waals surface area contributed by atoms with Crippen molar-refractivity contribution >= 4 is 106 Å². The lowest BCUT2D eigenvalue weighted by molar-refractivity contribution is 0.604. The Balaban J connectivity index is 0.000000114. The third kappa shape index (κ3) is 11.1. The van der Waals surface area contributed by atoms with Crippen LogP contribution in [-0.4, -0.2) is 45.5 Å². The minimum atomic E-state index is -0.191. The minimum absolute atomic E-state index is 0.176. The fourth-order valence-corrected chi connectivity index (χ4v) is 9.18. The fraction of sp³-hybridized carbons (Fsp3) is 0. The van der Waals surface area contributed by atoms with Crippen molar-refractivity contribution in [1.29, 1.82) is 0 Å². The second kappa shape index (κ2) is 22.8. The molecule has 82 heavy (non-hydrogen) atoms. The molecule has 15 aromatic rings. The molecule has 19 heteroatoms. The molecule has 7 N–H and O–H groups in total. The fourth-order valence-electron chi connectivity index (χ4n) is 9.01. The summed E-state index contributed by atoms with van der Waals surface area (Å²) in [6, 6.07) is 68.7. The number of rotatable bonds is 7. The topological polar surface area (TPSA) is 265 Å². The zero-order valence-corrected chi connectivity index (χ0v) is 43.6. The van der Waals surface area contributed by atoms with E-state index in [1.165, 1.54) is 0 Å². The average Bonchev–Trinajstić information content (AvgIpc) is 4.25. The van der Waals surface area contributed by atoms with E-state index in [9.17, 15) is 14.4 Å². The molecule has 15 rings (SSSR count). The van der Waals surface area contributed by atoms with Gasteiger partial charge in [0.2, 0.25) is 0 Å². The molecule has 0 spiro atoms. The number of para-hydroxylation sites is 6. The lowest BCUT2D eigenvalue weighted by atomic mass is 10.0. The molecular weight excluding hydrogens is 1060 g/mol. The molecule has 18 nitrogen and oxygen atoms in total. The van der Waals surface area contributed by atoms with Gasteiger partial charge in [0.25, 0.3) is 34.1 Å². The van der Waals surface area contributed by atoms with Crippen LogP contribution in [-0.2, 0) is 0 Å². The number of benzene rings is 9. The van der Waals surface area contributed by atoms with E-state index in [-0.39, 0.29) is 22.0 Å². The number of nitrogens with zero attached hydrogens (tertiary/aromatic N) is 6. The maximum absolute atomic E-state index is 11.9. The van der Waals surface area contributed by atoms with E-state index < -0.39 is 0 Å². The van der Waals surface area contributed by atoms with E-state index in [4.69, 9.17) is 30.6 Å². The number of aromatic amines is 3. The number of H-pyrrole nitrogens is 3. The number of nitrogen functional groups attached to an aromatic ring is 1. The van der Waals surface area contributed by atoms with Gasteiger partial charge in [-0.3, -0.25) is 14.4 Å². The van der Waals surface area contributed by atoms with E-state index in [0.717, 1.165) is 94.6 Å². The summed E-state index contributed by atoms with van der Waals surface area (Å²) < 4.78 is 16.4. The van der Waals surface area contributed by atoms with Crippen LogP contribution < -0.4 is 33.0 Å². The summed E-state index contributed by atoms with van der Waals surface area (Å²) in [6.45, 7) is 0. The highest BCUT2D eigenvalue weighted by molar-refractivity contribution is 6.28. The van der Waals surface area contributed by atoms with Gasteiger partial charge in [-0.15, -0.1) is 0 Å². The standard InChI is InChI=1S/2C21H14N4O2.C14H11N3O.C7H4ClNO/c2*26-20-16-6-2-1-5-15(16)19(24-25-20)13-9-11-14(12-10-13)22-21-23-17-7-3-4-8-18(17)27-21;15-10-7-5-9(6-8-10)13-11-3-1-2-4-12(11)14(18)17-16-13;8-7-9-5-3-1-2-4-6(5)10-7/h2*1-12H,(H,22,23)(H,25,26);1-8H,15H2,(H,17,18);1-4H. The first-order valence-corrected chi connectivity index (χ1v) is 25.8. The van der Waals surface area contributed by atoms with Crippen LogP contribution in [0.15, 0.2) is 246 Å². The molecule has 6 heterocycles. The number of nitrogens with two attached hydrogens (primary N) is 1. The summed E-state index contributed by atoms with van der Waals surface area (Å²) >= 11 is 5.51. The Morgan fingerprint density at radius 1 is 0.354 bits per heavy atom. The zero-order chi connectivity index (χ0) is 55.9. The second-order valence-electron chi connectivity index (χ2n) is 18.3. The van der Waals surface area contributed by atoms with Gasteiger partial charge in [0, 0.05) is 49.9 Å². The van der Waals surface area contributed by atoms with Crippen molar-refractivity contribution in [3.05, 3.63) is 255 Å². The van der Waals surface area contributed by atoms with Gasteiger partial charge < -0.3 is 29.6 Å². The van der Waals surface area contributed by atoms with Crippen LogP contribution >= 0.6 is 11.6 Å². The van der Waals surface area contributed by atoms with Crippen LogP contribution in [0.5, 0.6) is 0 Å². The summed E-state index contributed by atoms with van der Waals surface area (Å²) in [4.78, 5) is 48.3. The van der Waals surface area contributed by atoms with Gasteiger partial charge in [0.05, 0.1) is 33.2 Å². The molecule has 0 unspecified atom stereocenters. The summed E-state index contributed by atoms with van der Waals surface area (Å²) in [7, 11) is 0. The first-order chi connectivity index (χ1) is 40.2. The summed E-state index contributed by atoms with van der Waals surface area (Å²) in [5, 5.41) is 31.1. The number of oxazole rings is 3. The molecule has 0 bridgehead atoms. The van der Waals surface area contributed by atoms with E-state index in [2.05, 4.69) is 56.2 Å². The Morgan fingerprint density at radius 2 is 0.659 bits per heavy atom. The van der Waals surface area contributed by atoms with Crippen LogP contribution in [0.2, 0.25) is 5.35 Å². The lowest BCUT2D eigenvalue weighted by Gasteiger charge is -2.06. The van der Waals surface area contributed by atoms with Gasteiger partial charge in [-0.2, -0.15) is 30.2 Å². The van der Waals surface area contributed by atoms with Crippen molar-refractivity contribution in [2.24, 2.45) is 0 Å². The largest absolute Gasteiger partial charge is 0.428 e. The average molecular weight is 1100 g/mol. The third-order valence-corrected chi connectivity index (χ3v) is 13.1. The molecular formula is C63H43ClN12O6. The van der Waals surface area contributed by atoms with Crippen molar-refractivity contribution in [2.75, 3.05) is 16.4 Å². The maximum atomic E-state index is 11.9. The Morgan fingerprint density at radius 3 is 1.01 bits per heavy atom. The van der Waals surface area contributed by atoms with Gasteiger partial charge in [-0.25, -0.2) is 15.3 Å². The van der Waals surface area contributed by atoms with Gasteiger partial charge >= 0.3 is 0 Å². The van der Waals surface area contributed by atoms with Crippen LogP contribution in [0.4, 0.5) is 29.1 Å². The van der Waals surface area contributed by atoms with Crippen molar-refractivity contribution in [2.45, 2.75) is 0 Å². The maximum Gasteiger partial charge on any atom is 0.300 e. The molecule has 0 amide bonds.